The van der Waals surface area contributed by atoms with E-state index in [0.717, 1.165) is 11.8 Å². The SMILES string of the molecule is CC.CC.CC.CC.CC.CC.CC.CC.CC.CC.CC.CC.CC.CC.CCC.CCC(C)C(=O)OC12C(OC(=O)CC(=O)SC)C(C)C3(O)C(C(O)C4(CO)OC4C4(O)C(=O)C(C)=CC43)C1C2(C)C. The number of thioether (sulfide) groups is 1. The number of carbonyl (C=O) groups is 4. The van der Waals surface area contributed by atoms with Gasteiger partial charge in [0.05, 0.1) is 24.2 Å². The lowest BCUT2D eigenvalue weighted by atomic mass is 9.58. The third-order valence-corrected chi connectivity index (χ3v) is 11.6. The summed E-state index contributed by atoms with van der Waals surface area (Å²) in [6.07, 6.45) is -0.0125. The molecule has 1 aliphatic heterocycles. The minimum absolute atomic E-state index is 0.185. The molecule has 12 unspecified atom stereocenters. The van der Waals surface area contributed by atoms with E-state index in [1.165, 1.54) is 25.7 Å². The Morgan fingerprint density at radius 2 is 1.08 bits per heavy atom. The number of esters is 2. The van der Waals surface area contributed by atoms with Crippen LogP contribution >= 0.6 is 11.8 Å². The fourth-order valence-corrected chi connectivity index (χ4v) is 8.75. The van der Waals surface area contributed by atoms with Crippen molar-refractivity contribution in [1.82, 2.24) is 0 Å². The van der Waals surface area contributed by atoms with Gasteiger partial charge in [-0.2, -0.15) is 0 Å². The van der Waals surface area contributed by atoms with E-state index in [4.69, 9.17) is 14.2 Å². The standard InChI is InChI=1S/C29H40O11S.C3H8.14C2H6/c1-8-12(2)23(35)39-29-19(25(29,5)6)18-21(34)26(11-30)24(40-26)28(37)15(9-13(3)20(28)33)27(18,36)14(4)22(29)38-16(31)10-17(32)41-7;1-3-2;14*1-2/h9,12,14-15,18-19,21-22,24,30,34,36-37H,8,10-11H2,1-7H3;3H2,1-2H3;14*1-2H3. The van der Waals surface area contributed by atoms with Gasteiger partial charge in [0, 0.05) is 29.1 Å². The zero-order chi connectivity index (χ0) is 61.4. The maximum Gasteiger partial charge on any atom is 0.314 e. The average molecular weight is 1060 g/mol. The Hall–Kier alpha value is -1.83. The zero-order valence-electron chi connectivity index (χ0n) is 55.1. The smallest absolute Gasteiger partial charge is 0.314 e. The molecule has 0 amide bonds. The molecule has 12 heteroatoms. The summed E-state index contributed by atoms with van der Waals surface area (Å²) < 4.78 is 18.0. The van der Waals surface area contributed by atoms with Crippen molar-refractivity contribution in [2.45, 2.75) is 309 Å². The number of hydrogen-bond acceptors (Lipinski definition) is 12. The number of rotatable bonds is 7. The van der Waals surface area contributed by atoms with Crippen molar-refractivity contribution in [3.63, 3.8) is 0 Å². The molecule has 12 atom stereocenters. The number of ether oxygens (including phenoxy) is 3. The van der Waals surface area contributed by atoms with Crippen LogP contribution in [0.5, 0.6) is 0 Å². The quantitative estimate of drug-likeness (QED) is 0.108. The third-order valence-electron chi connectivity index (χ3n) is 11.0. The monoisotopic (exact) mass is 1060 g/mol. The minimum Gasteiger partial charge on any atom is -0.457 e. The first-order chi connectivity index (χ1) is 34.4. The maximum absolute atomic E-state index is 13.4. The fraction of sp³-hybridized carbons (Fsp3) is 0.900. The van der Waals surface area contributed by atoms with E-state index in [0.29, 0.717) is 6.42 Å². The van der Waals surface area contributed by atoms with Crippen LogP contribution in [0, 0.1) is 35.0 Å². The molecule has 5 rings (SSSR count). The molecule has 1 saturated heterocycles. The van der Waals surface area contributed by atoms with Crippen molar-refractivity contribution in [1.29, 1.82) is 0 Å². The molecule has 3 saturated carbocycles. The van der Waals surface area contributed by atoms with Crippen LogP contribution in [0.2, 0.25) is 0 Å². The number of ketones is 1. The molecule has 0 spiro atoms. The molecule has 4 fully saturated rings. The lowest BCUT2D eigenvalue weighted by molar-refractivity contribution is -0.251. The average Bonchev–Trinajstić information content (AvgIpc) is 4.31. The number of aliphatic hydroxyl groups excluding tert-OH is 2. The molecule has 444 valence electrons. The summed E-state index contributed by atoms with van der Waals surface area (Å²) in [6, 6.07) is 0. The van der Waals surface area contributed by atoms with Gasteiger partial charge in [-0.25, -0.2) is 0 Å². The van der Waals surface area contributed by atoms with Gasteiger partial charge in [-0.15, -0.1) is 0 Å². The van der Waals surface area contributed by atoms with Crippen molar-refractivity contribution in [3.8, 4) is 0 Å². The second-order valence-electron chi connectivity index (χ2n) is 13.8. The first-order valence-electron chi connectivity index (χ1n) is 29.5. The zero-order valence-corrected chi connectivity index (χ0v) is 55.9. The van der Waals surface area contributed by atoms with E-state index in [1.54, 1.807) is 27.7 Å². The van der Waals surface area contributed by atoms with Crippen LogP contribution in [0.25, 0.3) is 0 Å². The van der Waals surface area contributed by atoms with Crippen molar-refractivity contribution >= 4 is 34.6 Å². The van der Waals surface area contributed by atoms with Gasteiger partial charge in [-0.3, -0.25) is 19.2 Å². The normalized spacial score (nSPS) is 28.4. The topological polar surface area (TPSA) is 180 Å². The van der Waals surface area contributed by atoms with E-state index in [1.807, 2.05) is 201 Å². The van der Waals surface area contributed by atoms with Gasteiger partial charge in [0.2, 0.25) is 0 Å². The molecule has 1 heterocycles. The lowest BCUT2D eigenvalue weighted by Gasteiger charge is -2.54. The largest absolute Gasteiger partial charge is 0.457 e. The second-order valence-corrected chi connectivity index (χ2v) is 14.7. The van der Waals surface area contributed by atoms with Crippen LogP contribution in [0.15, 0.2) is 11.6 Å². The van der Waals surface area contributed by atoms with Crippen molar-refractivity contribution in [3.05, 3.63) is 11.6 Å². The summed E-state index contributed by atoms with van der Waals surface area (Å²) in [4.78, 5) is 51.9. The van der Waals surface area contributed by atoms with Crippen molar-refractivity contribution in [2.75, 3.05) is 12.9 Å². The summed E-state index contributed by atoms with van der Waals surface area (Å²) in [6.45, 7) is 69.7. The van der Waals surface area contributed by atoms with Crippen LogP contribution in [0.4, 0.5) is 0 Å². The number of fused-ring (bicyclic) bond motifs is 7. The maximum atomic E-state index is 13.4. The molecule has 0 aromatic heterocycles. The molecule has 0 bridgehead atoms. The first-order valence-corrected chi connectivity index (χ1v) is 30.8. The Morgan fingerprint density at radius 1 is 0.722 bits per heavy atom. The van der Waals surface area contributed by atoms with Crippen LogP contribution in [-0.4, -0.2) is 96.8 Å². The molecule has 72 heavy (non-hydrogen) atoms. The molecule has 4 N–H and O–H groups in total. The second kappa shape index (κ2) is 55.4. The molecule has 4 aliphatic carbocycles. The number of Topliss-reactive ketones (excluding diaryl/α,β-unsaturated/α-hetero) is 1. The summed E-state index contributed by atoms with van der Waals surface area (Å²) in [5, 5.41) is 46.7. The van der Waals surface area contributed by atoms with E-state index in [2.05, 4.69) is 13.8 Å². The molecule has 5 aliphatic rings. The molecular weight excluding hydrogens is 929 g/mol. The summed E-state index contributed by atoms with van der Waals surface area (Å²) >= 11 is 0.860. The summed E-state index contributed by atoms with van der Waals surface area (Å²) in [7, 11) is 0. The van der Waals surface area contributed by atoms with Gasteiger partial charge < -0.3 is 34.6 Å². The molecule has 0 aromatic carbocycles. The highest BCUT2D eigenvalue weighted by atomic mass is 32.2. The number of carbonyl (C=O) groups excluding carboxylic acids is 4. The lowest BCUT2D eigenvalue weighted by Crippen LogP contribution is -2.69. The van der Waals surface area contributed by atoms with E-state index in [9.17, 15) is 39.6 Å². The Labute approximate surface area is 455 Å². The highest BCUT2D eigenvalue weighted by molar-refractivity contribution is 8.13. The van der Waals surface area contributed by atoms with Gasteiger partial charge in [0.25, 0.3) is 0 Å². The number of hydrogen-bond donors (Lipinski definition) is 4. The number of epoxide rings is 1. The summed E-state index contributed by atoms with van der Waals surface area (Å²) in [5.74, 6) is -7.05. The highest BCUT2D eigenvalue weighted by Gasteiger charge is 2.93. The predicted octanol–water partition coefficient (Wildman–Crippen LogP) is 16.3. The molecule has 0 aromatic rings. The van der Waals surface area contributed by atoms with Gasteiger partial charge >= 0.3 is 11.9 Å². The minimum atomic E-state index is -2.30. The Morgan fingerprint density at radius 3 is 1.40 bits per heavy atom. The third kappa shape index (κ3) is 22.0. The van der Waals surface area contributed by atoms with E-state index < -0.39 is 112 Å². The van der Waals surface area contributed by atoms with Crippen LogP contribution in [-0.2, 0) is 33.4 Å². The van der Waals surface area contributed by atoms with E-state index in [-0.39, 0.29) is 5.57 Å². The van der Waals surface area contributed by atoms with Crippen LogP contribution in [0.3, 0.4) is 0 Å². The van der Waals surface area contributed by atoms with E-state index >= 15 is 0 Å². The molecule has 11 nitrogen and oxygen atoms in total. The fourth-order valence-electron chi connectivity index (χ4n) is 8.48. The van der Waals surface area contributed by atoms with Crippen molar-refractivity contribution in [2.24, 2.45) is 35.0 Å². The van der Waals surface area contributed by atoms with Gasteiger partial charge in [0.1, 0.15) is 24.2 Å². The molecule has 0 radical (unpaired) electrons. The molecular formula is C60H132O11S. The van der Waals surface area contributed by atoms with Gasteiger partial charge in [-0.05, 0) is 25.2 Å². The van der Waals surface area contributed by atoms with Crippen molar-refractivity contribution < 1.29 is 53.8 Å². The Balaban J connectivity index is -0.000000114. The first kappa shape index (κ1) is 95.9. The Kier molecular flexibility index (Phi) is 73.8. The van der Waals surface area contributed by atoms with Gasteiger partial charge in [-0.1, -0.05) is 267 Å². The number of aliphatic hydroxyl groups is 4. The van der Waals surface area contributed by atoms with Gasteiger partial charge in [0.15, 0.2) is 22.1 Å². The van der Waals surface area contributed by atoms with Crippen LogP contribution < -0.4 is 0 Å². The van der Waals surface area contributed by atoms with Crippen LogP contribution in [0.1, 0.15) is 269 Å². The highest BCUT2D eigenvalue weighted by Crippen LogP contribution is 2.79. The predicted molar refractivity (Wildman–Crippen MR) is 319 cm³/mol. The summed E-state index contributed by atoms with van der Waals surface area (Å²) in [5.41, 5.74) is -8.45. The Bertz CT molecular complexity index is 1260.